The average molecular weight is 294 g/mol. The highest BCUT2D eigenvalue weighted by Gasteiger charge is 2.46. The third kappa shape index (κ3) is 2.48. The van der Waals surface area contributed by atoms with E-state index in [0.717, 1.165) is 16.9 Å². The summed E-state index contributed by atoms with van der Waals surface area (Å²) < 4.78 is 10.9. The van der Waals surface area contributed by atoms with Crippen LogP contribution in [0.4, 0.5) is 0 Å². The normalized spacial score (nSPS) is 21.6. The van der Waals surface area contributed by atoms with Gasteiger partial charge in [0.15, 0.2) is 0 Å². The second-order valence-electron chi connectivity index (χ2n) is 5.78. The van der Waals surface area contributed by atoms with E-state index in [-0.39, 0.29) is 0 Å². The van der Waals surface area contributed by atoms with Crippen molar-refractivity contribution in [3.05, 3.63) is 65.2 Å². The molecule has 112 valence electrons. The van der Waals surface area contributed by atoms with Crippen LogP contribution >= 0.6 is 0 Å². The molecule has 0 saturated heterocycles. The number of aliphatic hydroxyl groups is 1. The van der Waals surface area contributed by atoms with Crippen LogP contribution in [0.5, 0.6) is 5.75 Å². The zero-order chi connectivity index (χ0) is 15.8. The third-order valence-electron chi connectivity index (χ3n) is 3.81. The summed E-state index contributed by atoms with van der Waals surface area (Å²) >= 11 is 0. The number of methoxy groups -OCH3 is 1. The van der Waals surface area contributed by atoms with Crippen LogP contribution in [0.1, 0.15) is 30.5 Å². The molecule has 1 heterocycles. The lowest BCUT2D eigenvalue weighted by Crippen LogP contribution is -2.27. The molecule has 2 aromatic rings. The van der Waals surface area contributed by atoms with E-state index >= 15 is 0 Å². The summed E-state index contributed by atoms with van der Waals surface area (Å²) in [4.78, 5) is 0. The lowest BCUT2D eigenvalue weighted by atomic mass is 9.94. The van der Waals surface area contributed by atoms with Gasteiger partial charge in [0.2, 0.25) is 0 Å². The summed E-state index contributed by atoms with van der Waals surface area (Å²) in [5.41, 5.74) is 1.89. The van der Waals surface area contributed by atoms with Gasteiger partial charge in [-0.1, -0.05) is 30.2 Å². The van der Waals surface area contributed by atoms with Gasteiger partial charge in [0.05, 0.1) is 12.7 Å². The minimum absolute atomic E-state index is 0.570. The summed E-state index contributed by atoms with van der Waals surface area (Å²) in [5, 5.41) is 10.8. The molecule has 3 heteroatoms. The molecule has 1 atom stereocenters. The predicted octanol–water partition coefficient (Wildman–Crippen LogP) is 3.16. The molecule has 22 heavy (non-hydrogen) atoms. The van der Waals surface area contributed by atoms with E-state index in [1.807, 2.05) is 62.4 Å². The molecule has 0 amide bonds. The second-order valence-corrected chi connectivity index (χ2v) is 5.78. The van der Waals surface area contributed by atoms with Crippen molar-refractivity contribution >= 4 is 0 Å². The number of hydrogen-bond acceptors (Lipinski definition) is 3. The maximum absolute atomic E-state index is 10.8. The summed E-state index contributed by atoms with van der Waals surface area (Å²) in [6, 6.07) is 15.0. The summed E-state index contributed by atoms with van der Waals surface area (Å²) in [6.45, 7) is 3.86. The third-order valence-corrected chi connectivity index (χ3v) is 3.81. The Kier molecular flexibility index (Phi) is 3.44. The van der Waals surface area contributed by atoms with Crippen LogP contribution in [0, 0.1) is 11.8 Å². The maximum atomic E-state index is 10.8. The van der Waals surface area contributed by atoms with Crippen LogP contribution in [-0.2, 0) is 16.1 Å². The molecule has 0 aromatic heterocycles. The lowest BCUT2D eigenvalue weighted by molar-refractivity contribution is -0.210. The van der Waals surface area contributed by atoms with Crippen LogP contribution in [0.2, 0.25) is 0 Å². The Morgan fingerprint density at radius 1 is 1.00 bits per heavy atom. The minimum Gasteiger partial charge on any atom is -0.497 e. The summed E-state index contributed by atoms with van der Waals surface area (Å²) in [5.74, 6) is 5.03. The fourth-order valence-corrected chi connectivity index (χ4v) is 2.71. The van der Waals surface area contributed by atoms with Gasteiger partial charge in [-0.3, -0.25) is 0 Å². The van der Waals surface area contributed by atoms with Gasteiger partial charge in [0, 0.05) is 11.1 Å². The molecule has 0 radical (unpaired) electrons. The summed E-state index contributed by atoms with van der Waals surface area (Å²) in [7, 11) is 1.62. The molecular weight excluding hydrogens is 276 g/mol. The maximum Gasteiger partial charge on any atom is 0.260 e. The first-order valence-electron chi connectivity index (χ1n) is 7.14. The van der Waals surface area contributed by atoms with E-state index < -0.39 is 11.4 Å². The standard InChI is InChI=1S/C19H18O3/c1-18(2)16-6-4-5-7-17(16)19(20,22-18)13-12-14-8-10-15(21-3)11-9-14/h4-11,20H,1-3H3. The molecule has 1 unspecified atom stereocenters. The molecule has 1 N–H and O–H groups in total. The average Bonchev–Trinajstić information content (AvgIpc) is 2.73. The quantitative estimate of drug-likeness (QED) is 0.821. The number of ether oxygens (including phenoxy) is 2. The first-order valence-corrected chi connectivity index (χ1v) is 7.14. The Labute approximate surface area is 130 Å². The second kappa shape index (κ2) is 5.17. The highest BCUT2D eigenvalue weighted by atomic mass is 16.6. The molecule has 1 aliphatic rings. The van der Waals surface area contributed by atoms with Gasteiger partial charge >= 0.3 is 0 Å². The van der Waals surface area contributed by atoms with E-state index in [9.17, 15) is 5.11 Å². The Bertz CT molecular complexity index is 750. The fraction of sp³-hybridized carbons (Fsp3) is 0.263. The van der Waals surface area contributed by atoms with Gasteiger partial charge in [-0.15, -0.1) is 0 Å². The van der Waals surface area contributed by atoms with Crippen molar-refractivity contribution < 1.29 is 14.6 Å². The largest absolute Gasteiger partial charge is 0.497 e. The van der Waals surface area contributed by atoms with Crippen molar-refractivity contribution in [2.24, 2.45) is 0 Å². The van der Waals surface area contributed by atoms with E-state index in [1.54, 1.807) is 7.11 Å². The van der Waals surface area contributed by atoms with Crippen LogP contribution in [0.3, 0.4) is 0 Å². The molecule has 3 rings (SSSR count). The number of rotatable bonds is 1. The Morgan fingerprint density at radius 2 is 1.64 bits per heavy atom. The molecule has 2 aromatic carbocycles. The Balaban J connectivity index is 1.97. The zero-order valence-corrected chi connectivity index (χ0v) is 12.9. The van der Waals surface area contributed by atoms with Crippen LogP contribution in [-0.4, -0.2) is 12.2 Å². The van der Waals surface area contributed by atoms with Crippen LogP contribution < -0.4 is 4.74 Å². The number of hydrogen-bond donors (Lipinski definition) is 1. The van der Waals surface area contributed by atoms with Gasteiger partial charge in [0.1, 0.15) is 5.75 Å². The highest BCUT2D eigenvalue weighted by molar-refractivity contribution is 5.46. The van der Waals surface area contributed by atoms with Crippen molar-refractivity contribution in [3.8, 4) is 17.6 Å². The van der Waals surface area contributed by atoms with E-state index in [2.05, 4.69) is 11.8 Å². The highest BCUT2D eigenvalue weighted by Crippen LogP contribution is 2.45. The zero-order valence-electron chi connectivity index (χ0n) is 12.9. The Morgan fingerprint density at radius 3 is 2.27 bits per heavy atom. The van der Waals surface area contributed by atoms with Gasteiger partial charge in [-0.2, -0.15) is 0 Å². The van der Waals surface area contributed by atoms with Crippen molar-refractivity contribution in [1.82, 2.24) is 0 Å². The number of fused-ring (bicyclic) bond motifs is 1. The van der Waals surface area contributed by atoms with Crippen LogP contribution in [0.15, 0.2) is 48.5 Å². The topological polar surface area (TPSA) is 38.7 Å². The van der Waals surface area contributed by atoms with Crippen molar-refractivity contribution in [2.75, 3.05) is 7.11 Å². The molecule has 3 nitrogen and oxygen atoms in total. The van der Waals surface area contributed by atoms with E-state index in [4.69, 9.17) is 9.47 Å². The molecule has 0 spiro atoms. The molecule has 0 saturated carbocycles. The minimum atomic E-state index is -1.58. The molecule has 1 aliphatic heterocycles. The van der Waals surface area contributed by atoms with Crippen molar-refractivity contribution in [2.45, 2.75) is 25.2 Å². The first-order chi connectivity index (χ1) is 10.4. The van der Waals surface area contributed by atoms with Gasteiger partial charge in [-0.05, 0) is 49.6 Å². The van der Waals surface area contributed by atoms with Gasteiger partial charge in [-0.25, -0.2) is 0 Å². The van der Waals surface area contributed by atoms with Crippen molar-refractivity contribution in [3.63, 3.8) is 0 Å². The smallest absolute Gasteiger partial charge is 0.260 e. The van der Waals surface area contributed by atoms with E-state index in [1.165, 1.54) is 0 Å². The summed E-state index contributed by atoms with van der Waals surface area (Å²) in [6.07, 6.45) is 0. The molecular formula is C19H18O3. The van der Waals surface area contributed by atoms with Crippen LogP contribution in [0.25, 0.3) is 0 Å². The fourth-order valence-electron chi connectivity index (χ4n) is 2.71. The lowest BCUT2D eigenvalue weighted by Gasteiger charge is -2.22. The first kappa shape index (κ1) is 14.6. The molecule has 0 aliphatic carbocycles. The van der Waals surface area contributed by atoms with Crippen molar-refractivity contribution in [1.29, 1.82) is 0 Å². The van der Waals surface area contributed by atoms with Gasteiger partial charge in [0.25, 0.3) is 5.79 Å². The predicted molar refractivity (Wildman–Crippen MR) is 84.3 cm³/mol. The SMILES string of the molecule is COc1ccc(C#CC2(O)OC(C)(C)c3ccccc32)cc1. The van der Waals surface area contributed by atoms with E-state index in [0.29, 0.717) is 5.56 Å². The number of benzene rings is 2. The van der Waals surface area contributed by atoms with Gasteiger partial charge < -0.3 is 14.6 Å². The molecule has 0 fully saturated rings. The monoisotopic (exact) mass is 294 g/mol. The molecule has 0 bridgehead atoms. The Hall–Kier alpha value is -2.28.